The van der Waals surface area contributed by atoms with E-state index < -0.39 is 5.82 Å². The Hall–Kier alpha value is -3.07. The Morgan fingerprint density at radius 2 is 1.97 bits per heavy atom. The fraction of sp³-hybridized carbons (Fsp3) is 0.200. The maximum Gasteiger partial charge on any atom is 0.156 e. The van der Waals surface area contributed by atoms with Gasteiger partial charge in [-0.3, -0.25) is 4.79 Å². The molecule has 1 aromatic heterocycles. The van der Waals surface area contributed by atoms with Crippen LogP contribution in [0.15, 0.2) is 56.7 Å². The molecular weight excluding hydrogens is 445 g/mol. The molecule has 0 saturated carbocycles. The minimum atomic E-state index is -0.400. The van der Waals surface area contributed by atoms with Gasteiger partial charge in [0.2, 0.25) is 0 Å². The minimum Gasteiger partial charge on any atom is -0.497 e. The van der Waals surface area contributed by atoms with Crippen molar-refractivity contribution in [3.8, 4) is 5.75 Å². The molecule has 9 heteroatoms. The molecule has 7 nitrogen and oxygen atoms in total. The lowest BCUT2D eigenvalue weighted by Crippen LogP contribution is -2.13. The summed E-state index contributed by atoms with van der Waals surface area (Å²) < 4.78 is 23.6. The second-order valence-corrected chi connectivity index (χ2v) is 7.13. The monoisotopic (exact) mass is 461 g/mol. The number of halogens is 2. The SMILES string of the molecule is COc1cccc(CC(=O)Cc2nonc2C(Cc2ccc(F)c(Br)c2)=NO)c1. The third-order valence-electron chi connectivity index (χ3n) is 4.21. The van der Waals surface area contributed by atoms with Gasteiger partial charge in [0.25, 0.3) is 0 Å². The Morgan fingerprint density at radius 1 is 1.17 bits per heavy atom. The van der Waals surface area contributed by atoms with Crippen LogP contribution in [0.25, 0.3) is 0 Å². The van der Waals surface area contributed by atoms with E-state index in [4.69, 9.17) is 9.37 Å². The molecule has 0 fully saturated rings. The largest absolute Gasteiger partial charge is 0.497 e. The number of hydrogen-bond acceptors (Lipinski definition) is 7. The highest BCUT2D eigenvalue weighted by molar-refractivity contribution is 9.10. The number of carbonyl (C=O) groups excluding carboxylic acids is 1. The summed E-state index contributed by atoms with van der Waals surface area (Å²) >= 11 is 3.12. The van der Waals surface area contributed by atoms with Crippen LogP contribution in [0.2, 0.25) is 0 Å². The quantitative estimate of drug-likeness (QED) is 0.311. The average molecular weight is 462 g/mol. The van der Waals surface area contributed by atoms with Crippen LogP contribution >= 0.6 is 15.9 Å². The number of aromatic nitrogens is 2. The predicted molar refractivity (Wildman–Crippen MR) is 106 cm³/mol. The van der Waals surface area contributed by atoms with Crippen LogP contribution in [0.4, 0.5) is 4.39 Å². The molecule has 3 rings (SSSR count). The fourth-order valence-corrected chi connectivity index (χ4v) is 3.24. The molecule has 0 spiro atoms. The number of hydrogen-bond donors (Lipinski definition) is 1. The lowest BCUT2D eigenvalue weighted by Gasteiger charge is -2.05. The zero-order valence-electron chi connectivity index (χ0n) is 15.4. The van der Waals surface area contributed by atoms with Gasteiger partial charge in [0.15, 0.2) is 5.69 Å². The average Bonchev–Trinajstić information content (AvgIpc) is 3.16. The van der Waals surface area contributed by atoms with Gasteiger partial charge >= 0.3 is 0 Å². The molecule has 0 radical (unpaired) electrons. The van der Waals surface area contributed by atoms with Crippen molar-refractivity contribution in [1.82, 2.24) is 10.3 Å². The van der Waals surface area contributed by atoms with Crippen molar-refractivity contribution in [2.75, 3.05) is 7.11 Å². The number of benzene rings is 2. The van der Waals surface area contributed by atoms with Crippen molar-refractivity contribution in [1.29, 1.82) is 0 Å². The molecule has 29 heavy (non-hydrogen) atoms. The molecule has 0 unspecified atom stereocenters. The zero-order chi connectivity index (χ0) is 20.8. The van der Waals surface area contributed by atoms with Crippen LogP contribution < -0.4 is 4.74 Å². The number of ketones is 1. The molecule has 0 aliphatic carbocycles. The number of oxime groups is 1. The minimum absolute atomic E-state index is 0.0395. The number of rotatable bonds is 8. The number of ether oxygens (including phenoxy) is 1. The summed E-state index contributed by atoms with van der Waals surface area (Å²) in [6, 6.07) is 11.7. The van der Waals surface area contributed by atoms with Gasteiger partial charge in [0.05, 0.1) is 18.0 Å². The van der Waals surface area contributed by atoms with Crippen LogP contribution in [-0.4, -0.2) is 34.1 Å². The van der Waals surface area contributed by atoms with Crippen LogP contribution in [0, 0.1) is 5.82 Å². The Kier molecular flexibility index (Phi) is 6.71. The maximum absolute atomic E-state index is 13.4. The van der Waals surface area contributed by atoms with Gasteiger partial charge in [0, 0.05) is 12.8 Å². The second-order valence-electron chi connectivity index (χ2n) is 6.28. The molecule has 2 aromatic carbocycles. The molecule has 1 heterocycles. The Labute approximate surface area is 174 Å². The van der Waals surface area contributed by atoms with Gasteiger partial charge in [-0.2, -0.15) is 0 Å². The first-order chi connectivity index (χ1) is 14.0. The van der Waals surface area contributed by atoms with Crippen molar-refractivity contribution in [2.45, 2.75) is 19.3 Å². The van der Waals surface area contributed by atoms with Gasteiger partial charge in [0.1, 0.15) is 28.8 Å². The summed E-state index contributed by atoms with van der Waals surface area (Å²) in [7, 11) is 1.56. The van der Waals surface area contributed by atoms with Gasteiger partial charge in [-0.05, 0) is 56.5 Å². The smallest absolute Gasteiger partial charge is 0.156 e. The highest BCUT2D eigenvalue weighted by Gasteiger charge is 2.20. The molecule has 0 aliphatic heterocycles. The first kappa shape index (κ1) is 20.7. The Morgan fingerprint density at radius 3 is 2.69 bits per heavy atom. The molecule has 0 amide bonds. The molecule has 0 bridgehead atoms. The zero-order valence-corrected chi connectivity index (χ0v) is 17.0. The molecule has 3 aromatic rings. The second kappa shape index (κ2) is 9.42. The molecule has 0 aliphatic rings. The van der Waals surface area contributed by atoms with E-state index >= 15 is 0 Å². The normalized spacial score (nSPS) is 11.5. The topological polar surface area (TPSA) is 97.8 Å². The van der Waals surface area contributed by atoms with Gasteiger partial charge in [-0.25, -0.2) is 9.02 Å². The summed E-state index contributed by atoms with van der Waals surface area (Å²) in [6.45, 7) is 0. The van der Waals surface area contributed by atoms with E-state index in [1.54, 1.807) is 31.4 Å². The first-order valence-corrected chi connectivity index (χ1v) is 9.40. The van der Waals surface area contributed by atoms with Crippen LogP contribution in [0.3, 0.4) is 0 Å². The molecule has 0 atom stereocenters. The highest BCUT2D eigenvalue weighted by atomic mass is 79.9. The number of nitrogens with zero attached hydrogens (tertiary/aromatic N) is 3. The highest BCUT2D eigenvalue weighted by Crippen LogP contribution is 2.19. The lowest BCUT2D eigenvalue weighted by molar-refractivity contribution is -0.117. The van der Waals surface area contributed by atoms with E-state index in [2.05, 4.69) is 31.4 Å². The van der Waals surface area contributed by atoms with Gasteiger partial charge in [-0.1, -0.05) is 28.5 Å². The summed E-state index contributed by atoms with van der Waals surface area (Å²) in [5.41, 5.74) is 2.11. The van der Waals surface area contributed by atoms with Gasteiger partial charge < -0.3 is 9.94 Å². The van der Waals surface area contributed by atoms with Crippen molar-refractivity contribution >= 4 is 27.4 Å². The predicted octanol–water partition coefficient (Wildman–Crippen LogP) is 3.76. The van der Waals surface area contributed by atoms with E-state index in [1.807, 2.05) is 12.1 Å². The molecule has 1 N–H and O–H groups in total. The summed E-state index contributed by atoms with van der Waals surface area (Å²) in [4.78, 5) is 12.5. The van der Waals surface area contributed by atoms with E-state index in [-0.39, 0.29) is 42.1 Å². The lowest BCUT2D eigenvalue weighted by atomic mass is 10.0. The Bertz CT molecular complexity index is 1050. The van der Waals surface area contributed by atoms with Crippen LogP contribution in [0.5, 0.6) is 5.75 Å². The van der Waals surface area contributed by atoms with E-state index in [1.165, 1.54) is 6.07 Å². The third kappa shape index (κ3) is 5.26. The molecule has 0 saturated heterocycles. The standard InChI is InChI=1S/C20H17BrFN3O4/c1-28-15-4-2-3-12(8-15)7-14(26)11-19-20(25-29-24-19)18(23-27)10-13-5-6-17(22)16(21)9-13/h2-6,8-9,27H,7,10-11H2,1H3. The fourth-order valence-electron chi connectivity index (χ4n) is 2.81. The molecular formula is C20H17BrFN3O4. The summed E-state index contributed by atoms with van der Waals surface area (Å²) in [6.07, 6.45) is 0.294. The number of Topliss-reactive ketones (excluding diaryl/α,β-unsaturated/α-hetero) is 1. The van der Waals surface area contributed by atoms with Crippen LogP contribution in [0.1, 0.15) is 22.5 Å². The van der Waals surface area contributed by atoms with Crippen molar-refractivity contribution in [3.05, 3.63) is 75.3 Å². The third-order valence-corrected chi connectivity index (χ3v) is 4.81. The summed E-state index contributed by atoms with van der Waals surface area (Å²) in [5.74, 6) is 0.152. The summed E-state index contributed by atoms with van der Waals surface area (Å²) in [5, 5.41) is 20.3. The van der Waals surface area contributed by atoms with E-state index in [0.717, 1.165) is 5.56 Å². The van der Waals surface area contributed by atoms with Crippen molar-refractivity contribution < 1.29 is 23.8 Å². The Balaban J connectivity index is 1.73. The number of methoxy groups -OCH3 is 1. The maximum atomic E-state index is 13.4. The first-order valence-electron chi connectivity index (χ1n) is 8.61. The molecule has 150 valence electrons. The van der Waals surface area contributed by atoms with Crippen molar-refractivity contribution in [2.24, 2.45) is 5.16 Å². The van der Waals surface area contributed by atoms with E-state index in [0.29, 0.717) is 15.8 Å². The van der Waals surface area contributed by atoms with Crippen LogP contribution in [-0.2, 0) is 24.1 Å². The van der Waals surface area contributed by atoms with E-state index in [9.17, 15) is 14.4 Å². The van der Waals surface area contributed by atoms with Gasteiger partial charge in [-0.15, -0.1) is 0 Å². The number of carbonyl (C=O) groups is 1. The van der Waals surface area contributed by atoms with Crippen molar-refractivity contribution in [3.63, 3.8) is 0 Å².